The summed E-state index contributed by atoms with van der Waals surface area (Å²) in [6.07, 6.45) is 8.31. The summed E-state index contributed by atoms with van der Waals surface area (Å²) in [6.45, 7) is 0.621. The van der Waals surface area contributed by atoms with Gasteiger partial charge in [0.05, 0.1) is 18.6 Å². The number of carbonyl (C=O) groups excluding carboxylic acids is 3. The molecule has 0 atom stereocenters. The summed E-state index contributed by atoms with van der Waals surface area (Å²) in [4.78, 5) is 39.9. The number of hydrogen-bond acceptors (Lipinski definition) is 10. The van der Waals surface area contributed by atoms with Crippen molar-refractivity contribution in [3.05, 3.63) is 61.1 Å². The molecular formula is C28H31N4O11S2+. The summed E-state index contributed by atoms with van der Waals surface area (Å²) in [7, 11) is -8.71. The van der Waals surface area contributed by atoms with E-state index in [-0.39, 0.29) is 61.6 Å². The highest BCUT2D eigenvalue weighted by atomic mass is 32.2. The van der Waals surface area contributed by atoms with E-state index in [1.807, 2.05) is 0 Å². The first-order valence-electron chi connectivity index (χ1n) is 13.8. The minimum Gasteiger partial charge on any atom is -0.492 e. The van der Waals surface area contributed by atoms with Gasteiger partial charge in [0.15, 0.2) is 18.2 Å². The topological polar surface area (TPSA) is 214 Å². The van der Waals surface area contributed by atoms with Gasteiger partial charge in [0, 0.05) is 61.3 Å². The molecule has 0 fully saturated rings. The Morgan fingerprint density at radius 2 is 1.69 bits per heavy atom. The lowest BCUT2D eigenvalue weighted by Crippen LogP contribution is -2.38. The maximum Gasteiger partial charge on any atom is 0.298 e. The third-order valence-corrected chi connectivity index (χ3v) is 8.26. The minimum atomic E-state index is -4.68. The average Bonchev–Trinajstić information content (AvgIpc) is 3.59. The summed E-state index contributed by atoms with van der Waals surface area (Å²) in [5.74, 6) is -1.09. The third kappa shape index (κ3) is 9.77. The van der Waals surface area contributed by atoms with Crippen LogP contribution in [0.4, 0.5) is 0 Å². The van der Waals surface area contributed by atoms with Gasteiger partial charge in [-0.1, -0.05) is 0 Å². The second-order valence-corrected chi connectivity index (χ2v) is 12.9. The van der Waals surface area contributed by atoms with E-state index in [0.717, 1.165) is 4.90 Å². The van der Waals surface area contributed by atoms with Crippen molar-refractivity contribution in [1.82, 2.24) is 15.2 Å². The fourth-order valence-corrected chi connectivity index (χ4v) is 5.47. The van der Waals surface area contributed by atoms with Crippen LogP contribution < -0.4 is 14.6 Å². The van der Waals surface area contributed by atoms with Crippen molar-refractivity contribution in [3.63, 3.8) is 0 Å². The molecule has 2 aromatic heterocycles. The van der Waals surface area contributed by atoms with Crippen molar-refractivity contribution in [1.29, 1.82) is 0 Å². The van der Waals surface area contributed by atoms with Gasteiger partial charge in [-0.15, -0.1) is 0 Å². The van der Waals surface area contributed by atoms with Gasteiger partial charge in [0.25, 0.3) is 32.1 Å². The predicted octanol–water partition coefficient (Wildman–Crippen LogP) is 1.41. The lowest BCUT2D eigenvalue weighted by molar-refractivity contribution is -0.696. The van der Waals surface area contributed by atoms with Gasteiger partial charge in [-0.05, 0) is 31.0 Å². The predicted molar refractivity (Wildman–Crippen MR) is 157 cm³/mol. The first-order chi connectivity index (χ1) is 21.3. The molecule has 3 heterocycles. The van der Waals surface area contributed by atoms with E-state index < -0.39 is 36.9 Å². The molecule has 15 nitrogen and oxygen atoms in total. The van der Waals surface area contributed by atoms with Gasteiger partial charge in [0.2, 0.25) is 11.8 Å². The van der Waals surface area contributed by atoms with Crippen LogP contribution >= 0.6 is 0 Å². The highest BCUT2D eigenvalue weighted by Crippen LogP contribution is 2.32. The largest absolute Gasteiger partial charge is 0.492 e. The number of imide groups is 1. The zero-order valence-electron chi connectivity index (χ0n) is 23.9. The second-order valence-electron chi connectivity index (χ2n) is 9.95. The Morgan fingerprint density at radius 3 is 2.36 bits per heavy atom. The molecule has 1 aromatic carbocycles. The van der Waals surface area contributed by atoms with Crippen LogP contribution in [0, 0.1) is 0 Å². The van der Waals surface area contributed by atoms with Gasteiger partial charge < -0.3 is 14.5 Å². The van der Waals surface area contributed by atoms with Crippen molar-refractivity contribution >= 4 is 38.0 Å². The number of pyridine rings is 1. The van der Waals surface area contributed by atoms with Crippen LogP contribution in [0.25, 0.3) is 22.8 Å². The van der Waals surface area contributed by atoms with E-state index in [9.17, 15) is 35.8 Å². The normalized spacial score (nSPS) is 13.4. The number of aryl methyl sites for hydroxylation is 1. The lowest BCUT2D eigenvalue weighted by Gasteiger charge is -2.14. The first kappa shape index (κ1) is 33.4. The highest BCUT2D eigenvalue weighted by molar-refractivity contribution is 7.86. The molecule has 240 valence electrons. The summed E-state index contributed by atoms with van der Waals surface area (Å²) >= 11 is 0. The molecule has 1 aliphatic heterocycles. The number of nitrogens with one attached hydrogen (secondary N) is 1. The zero-order chi connectivity index (χ0) is 32.6. The van der Waals surface area contributed by atoms with Gasteiger partial charge in [0.1, 0.15) is 17.2 Å². The summed E-state index contributed by atoms with van der Waals surface area (Å²) in [6, 6.07) is 7.51. The molecule has 0 bridgehead atoms. The van der Waals surface area contributed by atoms with Gasteiger partial charge in [-0.3, -0.25) is 28.4 Å². The van der Waals surface area contributed by atoms with E-state index in [1.54, 1.807) is 35.2 Å². The van der Waals surface area contributed by atoms with E-state index in [1.165, 1.54) is 30.5 Å². The molecule has 0 radical (unpaired) electrons. The van der Waals surface area contributed by atoms with Crippen LogP contribution in [-0.4, -0.2) is 79.0 Å². The van der Waals surface area contributed by atoms with Crippen molar-refractivity contribution in [2.24, 2.45) is 0 Å². The molecule has 45 heavy (non-hydrogen) atoms. The number of rotatable bonds is 16. The quantitative estimate of drug-likeness (QED) is 0.0859. The number of ether oxygens (including phenoxy) is 1. The average molecular weight is 664 g/mol. The Morgan fingerprint density at radius 1 is 0.978 bits per heavy atom. The Kier molecular flexibility index (Phi) is 10.8. The Bertz CT molecular complexity index is 1780. The molecule has 1 aliphatic rings. The first-order valence-corrected chi connectivity index (χ1v) is 16.8. The molecule has 17 heteroatoms. The van der Waals surface area contributed by atoms with Gasteiger partial charge >= 0.3 is 0 Å². The smallest absolute Gasteiger partial charge is 0.298 e. The number of carbonyl (C=O) groups is 3. The summed E-state index contributed by atoms with van der Waals surface area (Å²) < 4.78 is 77.8. The molecule has 0 saturated heterocycles. The number of unbranched alkanes of at least 4 members (excludes halogenated alkanes) is 1. The number of amides is 3. The molecule has 3 N–H and O–H groups in total. The van der Waals surface area contributed by atoms with Crippen LogP contribution in [-0.2, 0) is 41.2 Å². The number of benzene rings is 1. The lowest BCUT2D eigenvalue weighted by atomic mass is 10.2. The molecule has 4 rings (SSSR count). The molecule has 3 amide bonds. The molecule has 3 aromatic rings. The molecule has 0 saturated carbocycles. The fourth-order valence-electron chi connectivity index (χ4n) is 4.32. The van der Waals surface area contributed by atoms with Crippen LogP contribution in [0.1, 0.15) is 25.7 Å². The number of aromatic nitrogens is 2. The maximum absolute atomic E-state index is 12.1. The number of oxazole rings is 1. The van der Waals surface area contributed by atoms with Crippen molar-refractivity contribution in [3.8, 4) is 28.5 Å². The van der Waals surface area contributed by atoms with E-state index >= 15 is 0 Å². The molecular weight excluding hydrogens is 632 g/mol. The third-order valence-electron chi connectivity index (χ3n) is 6.58. The van der Waals surface area contributed by atoms with Crippen molar-refractivity contribution in [2.75, 3.05) is 25.4 Å². The Labute approximate surface area is 259 Å². The van der Waals surface area contributed by atoms with Gasteiger partial charge in [-0.2, -0.15) is 16.8 Å². The SMILES string of the molecule is O=C(CCCCOc1ccc(-c2cnc(-c3cc[n+](CCCS(=O)(=O)O)cc3)o2)cc1S(=O)(=O)O)NCCN1C(=O)C=CC1=O. The zero-order valence-corrected chi connectivity index (χ0v) is 25.5. The van der Waals surface area contributed by atoms with Crippen molar-refractivity contribution < 1.29 is 54.0 Å². The number of nitrogens with zero attached hydrogens (tertiary/aromatic N) is 3. The van der Waals surface area contributed by atoms with Crippen LogP contribution in [0.15, 0.2) is 70.4 Å². The van der Waals surface area contributed by atoms with E-state index in [2.05, 4.69) is 10.3 Å². The van der Waals surface area contributed by atoms with Crippen LogP contribution in [0.5, 0.6) is 5.75 Å². The number of hydrogen-bond donors (Lipinski definition) is 3. The summed E-state index contributed by atoms with van der Waals surface area (Å²) in [5.41, 5.74) is 0.916. The molecule has 0 unspecified atom stereocenters. The standard InChI is InChI=1S/C28H30N4O11S2/c33-25(29-11-15-32-26(34)7-8-27(32)35)4-1-2-16-42-22-6-5-21(18-24(22)45(39,40)41)23-19-30-28(43-23)20-9-13-31(14-10-20)12-3-17-44(36,37)38/h5-10,13-14,18-19H,1-4,11-12,15-17H2,(H2-,29,33,36,37,38,39,40,41)/p+1. The van der Waals surface area contributed by atoms with Gasteiger partial charge in [-0.25, -0.2) is 9.55 Å². The van der Waals surface area contributed by atoms with Crippen molar-refractivity contribution in [2.45, 2.75) is 37.1 Å². The summed E-state index contributed by atoms with van der Waals surface area (Å²) in [5, 5.41) is 2.63. The van der Waals surface area contributed by atoms with Crippen LogP contribution in [0.3, 0.4) is 0 Å². The molecule has 0 aliphatic carbocycles. The second kappa shape index (κ2) is 14.6. The molecule has 0 spiro atoms. The Balaban J connectivity index is 1.28. The minimum absolute atomic E-state index is 0.0634. The highest BCUT2D eigenvalue weighted by Gasteiger charge is 2.23. The fraction of sp³-hybridized carbons (Fsp3) is 0.321. The monoisotopic (exact) mass is 663 g/mol. The maximum atomic E-state index is 12.1. The Hall–Kier alpha value is -4.45. The van der Waals surface area contributed by atoms with Crippen LogP contribution in [0.2, 0.25) is 0 Å². The van der Waals surface area contributed by atoms with E-state index in [4.69, 9.17) is 13.7 Å². The van der Waals surface area contributed by atoms with E-state index in [0.29, 0.717) is 30.5 Å².